The topological polar surface area (TPSA) is 72.9 Å². The van der Waals surface area contributed by atoms with E-state index in [9.17, 15) is 14.4 Å². The molecule has 1 saturated heterocycles. The van der Waals surface area contributed by atoms with Crippen LogP contribution in [0.4, 0.5) is 5.69 Å². The Labute approximate surface area is 227 Å². The first-order valence-electron chi connectivity index (χ1n) is 12.9. The molecule has 0 spiro atoms. The zero-order chi connectivity index (χ0) is 27.4. The van der Waals surface area contributed by atoms with Crippen LogP contribution in [0, 0.1) is 12.8 Å². The van der Waals surface area contributed by atoms with E-state index >= 15 is 0 Å². The Bertz CT molecular complexity index is 1480. The van der Waals surface area contributed by atoms with Crippen LogP contribution in [0.3, 0.4) is 0 Å². The highest BCUT2D eigenvalue weighted by Gasteiger charge is 2.37. The standard InChI is InChI=1S/C33H29NO5/c1-22-12-14-25(15-13-22)32(36)23(2)38-33(37)26-20-31(35)34(21-26)27-16-18-28(19-17-27)39-30-11-7-6-10-29(30)24-8-4-3-5-9-24/h3-19,23,26H,20-21H2,1-2H3/t23-,26+/m1/s1. The summed E-state index contributed by atoms with van der Waals surface area (Å²) in [5.41, 5.74) is 4.23. The molecule has 39 heavy (non-hydrogen) atoms. The van der Waals surface area contributed by atoms with Crippen molar-refractivity contribution in [2.75, 3.05) is 11.4 Å². The number of amides is 1. The molecule has 0 radical (unpaired) electrons. The number of nitrogens with zero attached hydrogens (tertiary/aromatic N) is 1. The van der Waals surface area contributed by atoms with Crippen molar-refractivity contribution in [1.82, 2.24) is 0 Å². The number of carbonyl (C=O) groups is 3. The molecule has 1 amide bonds. The number of benzene rings is 4. The van der Waals surface area contributed by atoms with E-state index in [2.05, 4.69) is 0 Å². The number of Topliss-reactive ketones (excluding diaryl/α,β-unsaturated/α-hetero) is 1. The van der Waals surface area contributed by atoms with E-state index in [1.807, 2.05) is 73.7 Å². The quantitative estimate of drug-likeness (QED) is 0.193. The minimum absolute atomic E-state index is 0.0347. The van der Waals surface area contributed by atoms with Crippen molar-refractivity contribution in [3.63, 3.8) is 0 Å². The summed E-state index contributed by atoms with van der Waals surface area (Å²) in [5.74, 6) is -0.263. The summed E-state index contributed by atoms with van der Waals surface area (Å²) in [6.45, 7) is 3.69. The summed E-state index contributed by atoms with van der Waals surface area (Å²) in [6.07, 6.45) is -0.896. The third kappa shape index (κ3) is 5.91. The summed E-state index contributed by atoms with van der Waals surface area (Å²) in [5, 5.41) is 0. The van der Waals surface area contributed by atoms with Gasteiger partial charge in [-0.1, -0.05) is 78.4 Å². The van der Waals surface area contributed by atoms with Crippen molar-refractivity contribution in [3.05, 3.63) is 114 Å². The van der Waals surface area contributed by atoms with Crippen molar-refractivity contribution >= 4 is 23.3 Å². The van der Waals surface area contributed by atoms with Crippen LogP contribution >= 0.6 is 0 Å². The van der Waals surface area contributed by atoms with Crippen molar-refractivity contribution in [1.29, 1.82) is 0 Å². The highest BCUT2D eigenvalue weighted by molar-refractivity contribution is 6.02. The number of rotatable bonds is 8. The molecule has 0 unspecified atom stereocenters. The van der Waals surface area contributed by atoms with Crippen molar-refractivity contribution < 1.29 is 23.9 Å². The van der Waals surface area contributed by atoms with Crippen LogP contribution in [-0.4, -0.2) is 30.3 Å². The van der Waals surface area contributed by atoms with Gasteiger partial charge in [-0.05, 0) is 49.7 Å². The van der Waals surface area contributed by atoms with Crippen LogP contribution in [0.5, 0.6) is 11.5 Å². The number of hydrogen-bond acceptors (Lipinski definition) is 5. The second-order valence-electron chi connectivity index (χ2n) is 9.67. The summed E-state index contributed by atoms with van der Waals surface area (Å²) in [6, 6.07) is 32.2. The number of esters is 1. The molecule has 0 aromatic heterocycles. The fraction of sp³-hybridized carbons (Fsp3) is 0.182. The monoisotopic (exact) mass is 519 g/mol. The van der Waals surface area contributed by atoms with Crippen LogP contribution in [0.2, 0.25) is 0 Å². The molecule has 1 heterocycles. The molecular weight excluding hydrogens is 490 g/mol. The molecule has 4 aromatic rings. The first-order chi connectivity index (χ1) is 18.9. The molecule has 0 bridgehead atoms. The molecule has 2 atom stereocenters. The van der Waals surface area contributed by atoms with Gasteiger partial charge in [0.15, 0.2) is 6.10 Å². The predicted molar refractivity (Wildman–Crippen MR) is 150 cm³/mol. The molecule has 6 nitrogen and oxygen atoms in total. The lowest BCUT2D eigenvalue weighted by Crippen LogP contribution is -2.30. The molecule has 4 aromatic carbocycles. The van der Waals surface area contributed by atoms with Crippen molar-refractivity contribution in [2.24, 2.45) is 5.92 Å². The van der Waals surface area contributed by atoms with E-state index in [4.69, 9.17) is 9.47 Å². The van der Waals surface area contributed by atoms with Crippen LogP contribution in [0.25, 0.3) is 11.1 Å². The molecule has 0 saturated carbocycles. The molecule has 5 rings (SSSR count). The third-order valence-corrected chi connectivity index (χ3v) is 6.80. The molecule has 1 fully saturated rings. The van der Waals surface area contributed by atoms with Crippen molar-refractivity contribution in [3.8, 4) is 22.6 Å². The van der Waals surface area contributed by atoms with E-state index in [0.717, 1.165) is 22.4 Å². The second kappa shape index (κ2) is 11.4. The Morgan fingerprint density at radius 3 is 2.23 bits per heavy atom. The number of aryl methyl sites for hydroxylation is 1. The number of para-hydroxylation sites is 1. The SMILES string of the molecule is Cc1ccc(C(=O)[C@@H](C)OC(=O)[C@H]2CC(=O)N(c3ccc(Oc4ccccc4-c4ccccc4)cc3)C2)cc1. The molecular formula is C33H29NO5. The van der Waals surface area contributed by atoms with Gasteiger partial charge in [0, 0.05) is 29.8 Å². The lowest BCUT2D eigenvalue weighted by molar-refractivity contribution is -0.151. The highest BCUT2D eigenvalue weighted by atomic mass is 16.5. The van der Waals surface area contributed by atoms with Gasteiger partial charge in [0.05, 0.1) is 5.92 Å². The molecule has 1 aliphatic heterocycles. The average molecular weight is 520 g/mol. The maximum Gasteiger partial charge on any atom is 0.312 e. The molecule has 196 valence electrons. The highest BCUT2D eigenvalue weighted by Crippen LogP contribution is 2.34. The predicted octanol–water partition coefficient (Wildman–Crippen LogP) is 6.62. The molecule has 0 aliphatic carbocycles. The largest absolute Gasteiger partial charge is 0.457 e. The molecule has 0 N–H and O–H groups in total. The van der Waals surface area contributed by atoms with E-state index < -0.39 is 18.0 Å². The Morgan fingerprint density at radius 1 is 0.846 bits per heavy atom. The van der Waals surface area contributed by atoms with E-state index in [1.165, 1.54) is 0 Å². The Morgan fingerprint density at radius 2 is 1.51 bits per heavy atom. The first kappa shape index (κ1) is 25.9. The van der Waals surface area contributed by atoms with Gasteiger partial charge in [-0.15, -0.1) is 0 Å². The fourth-order valence-corrected chi connectivity index (χ4v) is 4.62. The maximum atomic E-state index is 12.8. The number of ketones is 1. The minimum Gasteiger partial charge on any atom is -0.457 e. The van der Waals surface area contributed by atoms with E-state index in [-0.39, 0.29) is 24.7 Å². The second-order valence-corrected chi connectivity index (χ2v) is 9.67. The first-order valence-corrected chi connectivity index (χ1v) is 12.9. The zero-order valence-corrected chi connectivity index (χ0v) is 21.9. The molecule has 6 heteroatoms. The lowest BCUT2D eigenvalue weighted by atomic mass is 10.0. The number of ether oxygens (including phenoxy) is 2. The lowest BCUT2D eigenvalue weighted by Gasteiger charge is -2.18. The average Bonchev–Trinajstić information content (AvgIpc) is 3.36. The maximum absolute atomic E-state index is 12.8. The summed E-state index contributed by atoms with van der Waals surface area (Å²) in [7, 11) is 0. The van der Waals surface area contributed by atoms with Crippen LogP contribution < -0.4 is 9.64 Å². The normalized spacial score (nSPS) is 15.6. The Kier molecular flexibility index (Phi) is 7.55. The van der Waals surface area contributed by atoms with Gasteiger partial charge in [0.25, 0.3) is 0 Å². The summed E-state index contributed by atoms with van der Waals surface area (Å²) < 4.78 is 11.6. The fourth-order valence-electron chi connectivity index (χ4n) is 4.62. The summed E-state index contributed by atoms with van der Waals surface area (Å²) >= 11 is 0. The van der Waals surface area contributed by atoms with Crippen LogP contribution in [0.1, 0.15) is 29.3 Å². The third-order valence-electron chi connectivity index (χ3n) is 6.80. The smallest absolute Gasteiger partial charge is 0.312 e. The van der Waals surface area contributed by atoms with Gasteiger partial charge in [0.2, 0.25) is 11.7 Å². The van der Waals surface area contributed by atoms with E-state index in [0.29, 0.717) is 17.0 Å². The number of hydrogen-bond donors (Lipinski definition) is 0. The van der Waals surface area contributed by atoms with Gasteiger partial charge in [0.1, 0.15) is 11.5 Å². The van der Waals surface area contributed by atoms with E-state index in [1.54, 1.807) is 48.2 Å². The Hall–Kier alpha value is -4.71. The van der Waals surface area contributed by atoms with Gasteiger partial charge >= 0.3 is 5.97 Å². The van der Waals surface area contributed by atoms with Gasteiger partial charge in [-0.3, -0.25) is 14.4 Å². The van der Waals surface area contributed by atoms with Crippen LogP contribution in [0.15, 0.2) is 103 Å². The minimum atomic E-state index is -0.931. The zero-order valence-electron chi connectivity index (χ0n) is 21.9. The van der Waals surface area contributed by atoms with Gasteiger partial charge < -0.3 is 14.4 Å². The Balaban J connectivity index is 1.22. The number of carbonyl (C=O) groups excluding carboxylic acids is 3. The van der Waals surface area contributed by atoms with Gasteiger partial charge in [-0.2, -0.15) is 0 Å². The summed E-state index contributed by atoms with van der Waals surface area (Å²) in [4.78, 5) is 39.8. The molecule has 1 aliphatic rings. The van der Waals surface area contributed by atoms with Gasteiger partial charge in [-0.25, -0.2) is 0 Å². The van der Waals surface area contributed by atoms with Crippen LogP contribution in [-0.2, 0) is 14.3 Å². The number of anilines is 1. The van der Waals surface area contributed by atoms with Crippen molar-refractivity contribution in [2.45, 2.75) is 26.4 Å².